The molecule has 0 radical (unpaired) electrons. The molecule has 5 rings (SSSR count). The second-order valence-electron chi connectivity index (χ2n) is 7.14. The van der Waals surface area contributed by atoms with Crippen LogP contribution in [0, 0.1) is 11.7 Å². The van der Waals surface area contributed by atoms with Gasteiger partial charge in [0.2, 0.25) is 5.91 Å². The van der Waals surface area contributed by atoms with Gasteiger partial charge in [0.25, 0.3) is 5.91 Å². The van der Waals surface area contributed by atoms with Gasteiger partial charge in [-0.25, -0.2) is 19.3 Å². The zero-order chi connectivity index (χ0) is 18.7. The average molecular weight is 386 g/mol. The van der Waals surface area contributed by atoms with E-state index in [1.807, 2.05) is 29.3 Å². The number of nitrogens with zero attached hydrogens (tertiary/aromatic N) is 3. The van der Waals surface area contributed by atoms with E-state index in [4.69, 9.17) is 11.6 Å². The Morgan fingerprint density at radius 3 is 2.15 bits per heavy atom. The molecule has 3 aliphatic heterocycles. The third-order valence-electron chi connectivity index (χ3n) is 5.70. The van der Waals surface area contributed by atoms with Gasteiger partial charge in [-0.2, -0.15) is 0 Å². The third-order valence-corrected chi connectivity index (χ3v) is 5.95. The molecule has 2 aromatic rings. The molecule has 3 saturated heterocycles. The molecule has 0 unspecified atom stereocenters. The minimum Gasteiger partial charge on any atom is -0.274 e. The third kappa shape index (κ3) is 2.44. The lowest BCUT2D eigenvalue weighted by Crippen LogP contribution is -2.44. The van der Waals surface area contributed by atoms with Crippen molar-refractivity contribution < 1.29 is 14.0 Å². The highest BCUT2D eigenvalue weighted by Gasteiger charge is 2.62. The van der Waals surface area contributed by atoms with E-state index in [0.29, 0.717) is 10.7 Å². The van der Waals surface area contributed by atoms with Crippen molar-refractivity contribution in [1.29, 1.82) is 0 Å². The Morgan fingerprint density at radius 1 is 0.852 bits per heavy atom. The summed E-state index contributed by atoms with van der Waals surface area (Å²) in [6.07, 6.45) is 0.950. The topological polar surface area (TPSA) is 43.9 Å². The van der Waals surface area contributed by atoms with Crippen molar-refractivity contribution in [2.45, 2.75) is 18.5 Å². The quantitative estimate of drug-likeness (QED) is 0.745. The van der Waals surface area contributed by atoms with Crippen LogP contribution in [0.2, 0.25) is 5.02 Å². The number of anilines is 1. The highest BCUT2D eigenvalue weighted by atomic mass is 35.5. The van der Waals surface area contributed by atoms with E-state index in [-0.39, 0.29) is 17.9 Å². The number of hydrazine groups is 1. The molecule has 5 nitrogen and oxygen atoms in total. The maximum absolute atomic E-state index is 13.3. The first-order valence-corrected chi connectivity index (χ1v) is 9.36. The van der Waals surface area contributed by atoms with Gasteiger partial charge in [-0.3, -0.25) is 9.59 Å². The van der Waals surface area contributed by atoms with Gasteiger partial charge in [0.1, 0.15) is 11.9 Å². The molecular formula is C20H17ClFN3O2. The lowest BCUT2D eigenvalue weighted by molar-refractivity contribution is -0.126. The molecule has 0 spiro atoms. The van der Waals surface area contributed by atoms with Crippen molar-refractivity contribution in [3.63, 3.8) is 0 Å². The minimum atomic E-state index is -0.509. The van der Waals surface area contributed by atoms with E-state index in [0.717, 1.165) is 25.1 Å². The number of carbonyl (C=O) groups is 2. The van der Waals surface area contributed by atoms with Gasteiger partial charge in [-0.15, -0.1) is 0 Å². The first-order chi connectivity index (χ1) is 13.1. The van der Waals surface area contributed by atoms with Crippen LogP contribution in [0.25, 0.3) is 0 Å². The van der Waals surface area contributed by atoms with E-state index < -0.39 is 17.8 Å². The van der Waals surface area contributed by atoms with Crippen LogP contribution < -0.4 is 4.90 Å². The standard InChI is InChI=1S/C20H17ClFN3O2/c21-13-4-2-12(3-5-13)17-16-18(24-11-1-10-23(17)24)20(27)25(19(16)26)15-8-6-14(22)7-9-15/h2-9,16-18H,1,10-11H2/t16-,17-,18+/m1/s1. The molecule has 0 aliphatic carbocycles. The second kappa shape index (κ2) is 6.12. The summed E-state index contributed by atoms with van der Waals surface area (Å²) < 4.78 is 13.3. The van der Waals surface area contributed by atoms with Gasteiger partial charge in [0, 0.05) is 18.1 Å². The summed E-state index contributed by atoms with van der Waals surface area (Å²) >= 11 is 6.02. The zero-order valence-corrected chi connectivity index (χ0v) is 15.1. The molecule has 3 atom stereocenters. The Morgan fingerprint density at radius 2 is 1.48 bits per heavy atom. The van der Waals surface area contributed by atoms with E-state index in [1.165, 1.54) is 29.2 Å². The lowest BCUT2D eigenvalue weighted by atomic mass is 9.90. The minimum absolute atomic E-state index is 0.198. The summed E-state index contributed by atoms with van der Waals surface area (Å²) in [6, 6.07) is 12.2. The van der Waals surface area contributed by atoms with Crippen molar-refractivity contribution >= 4 is 29.1 Å². The van der Waals surface area contributed by atoms with E-state index in [9.17, 15) is 14.0 Å². The molecule has 2 aromatic carbocycles. The molecule has 3 heterocycles. The van der Waals surface area contributed by atoms with Crippen LogP contribution in [0.1, 0.15) is 18.0 Å². The lowest BCUT2D eigenvalue weighted by Gasteiger charge is -2.29. The number of benzene rings is 2. The highest BCUT2D eigenvalue weighted by Crippen LogP contribution is 2.48. The Balaban J connectivity index is 1.57. The van der Waals surface area contributed by atoms with Crippen molar-refractivity contribution in [3.05, 3.63) is 64.9 Å². The molecule has 2 amide bonds. The summed E-state index contributed by atoms with van der Waals surface area (Å²) in [6.45, 7) is 1.57. The predicted molar refractivity (Wildman–Crippen MR) is 98.4 cm³/mol. The van der Waals surface area contributed by atoms with Crippen LogP contribution in [0.3, 0.4) is 0 Å². The van der Waals surface area contributed by atoms with Crippen LogP contribution in [0.4, 0.5) is 10.1 Å². The van der Waals surface area contributed by atoms with Gasteiger partial charge >= 0.3 is 0 Å². The first-order valence-electron chi connectivity index (χ1n) is 8.98. The summed E-state index contributed by atoms with van der Waals surface area (Å²) in [5.41, 5.74) is 1.39. The molecule has 3 fully saturated rings. The average Bonchev–Trinajstić information content (AvgIpc) is 3.30. The Kier molecular flexibility index (Phi) is 3.82. The van der Waals surface area contributed by atoms with Gasteiger partial charge < -0.3 is 0 Å². The Bertz CT molecular complexity index is 918. The zero-order valence-electron chi connectivity index (χ0n) is 14.4. The number of carbonyl (C=O) groups excluding carboxylic acids is 2. The maximum Gasteiger partial charge on any atom is 0.253 e. The van der Waals surface area contributed by atoms with Gasteiger partial charge in [0.05, 0.1) is 17.6 Å². The molecule has 3 aliphatic rings. The second-order valence-corrected chi connectivity index (χ2v) is 7.57. The number of imide groups is 1. The van der Waals surface area contributed by atoms with Gasteiger partial charge in [-0.05, 0) is 48.4 Å². The molecule has 0 saturated carbocycles. The summed E-state index contributed by atoms with van der Waals surface area (Å²) in [5, 5.41) is 4.82. The molecule has 27 heavy (non-hydrogen) atoms. The highest BCUT2D eigenvalue weighted by molar-refractivity contribution is 6.30. The summed E-state index contributed by atoms with van der Waals surface area (Å²) in [4.78, 5) is 27.7. The van der Waals surface area contributed by atoms with E-state index >= 15 is 0 Å². The smallest absolute Gasteiger partial charge is 0.253 e. The number of hydrogen-bond acceptors (Lipinski definition) is 4. The number of rotatable bonds is 2. The predicted octanol–water partition coefficient (Wildman–Crippen LogP) is 3.01. The van der Waals surface area contributed by atoms with Crippen molar-refractivity contribution in [1.82, 2.24) is 10.0 Å². The van der Waals surface area contributed by atoms with Gasteiger partial charge in [-0.1, -0.05) is 23.7 Å². The maximum atomic E-state index is 13.3. The van der Waals surface area contributed by atoms with Gasteiger partial charge in [0.15, 0.2) is 0 Å². The molecule has 138 valence electrons. The molecule has 0 N–H and O–H groups in total. The monoisotopic (exact) mass is 385 g/mol. The Hall–Kier alpha value is -2.28. The van der Waals surface area contributed by atoms with Crippen LogP contribution in [0.15, 0.2) is 48.5 Å². The van der Waals surface area contributed by atoms with Crippen molar-refractivity contribution in [3.8, 4) is 0 Å². The van der Waals surface area contributed by atoms with Crippen molar-refractivity contribution in [2.75, 3.05) is 18.0 Å². The van der Waals surface area contributed by atoms with Crippen molar-refractivity contribution in [2.24, 2.45) is 5.92 Å². The Labute approximate surface area is 160 Å². The van der Waals surface area contributed by atoms with Crippen LogP contribution in [-0.2, 0) is 9.59 Å². The summed E-state index contributed by atoms with van der Waals surface area (Å²) in [5.74, 6) is -1.35. The normalized spacial score (nSPS) is 28.1. The largest absolute Gasteiger partial charge is 0.274 e. The SMILES string of the molecule is O=C1[C@H]2[C@@H](C(=O)N1c1ccc(F)cc1)N1CCCN1[C@@H]2c1ccc(Cl)cc1. The number of amides is 2. The van der Waals surface area contributed by atoms with Crippen LogP contribution in [0.5, 0.6) is 0 Å². The van der Waals surface area contributed by atoms with E-state index in [2.05, 4.69) is 5.01 Å². The molecule has 7 heteroatoms. The van der Waals surface area contributed by atoms with E-state index in [1.54, 1.807) is 0 Å². The van der Waals surface area contributed by atoms with Crippen LogP contribution in [-0.4, -0.2) is 41.0 Å². The fourth-order valence-electron chi connectivity index (χ4n) is 4.62. The number of hydrogen-bond donors (Lipinski definition) is 0. The molecule has 0 aromatic heterocycles. The number of fused-ring (bicyclic) bond motifs is 3. The molecular weight excluding hydrogens is 369 g/mol. The number of halogens is 2. The first kappa shape index (κ1) is 16.9. The fraction of sp³-hybridized carbons (Fsp3) is 0.300. The summed E-state index contributed by atoms with van der Waals surface area (Å²) in [7, 11) is 0. The fourth-order valence-corrected chi connectivity index (χ4v) is 4.74. The van der Waals surface area contributed by atoms with Crippen LogP contribution >= 0.6 is 11.6 Å². The molecule has 0 bridgehead atoms.